The maximum atomic E-state index is 4.95. The third kappa shape index (κ3) is 5.20. The van der Waals surface area contributed by atoms with Gasteiger partial charge < -0.3 is 10.1 Å². The number of thioether (sulfide) groups is 1. The Bertz CT molecular complexity index is 265. The molecule has 0 aliphatic carbocycles. The van der Waals surface area contributed by atoms with Crippen LogP contribution in [0.4, 0.5) is 0 Å². The largest absolute Gasteiger partial charge is 0.383 e. The lowest BCUT2D eigenvalue weighted by molar-refractivity contribution is 0.199. The van der Waals surface area contributed by atoms with Gasteiger partial charge in [0.1, 0.15) is 0 Å². The molecule has 0 amide bonds. The van der Waals surface area contributed by atoms with Gasteiger partial charge in [-0.2, -0.15) is 16.9 Å². The summed E-state index contributed by atoms with van der Waals surface area (Å²) in [7, 11) is 1.71. The summed E-state index contributed by atoms with van der Waals surface area (Å²) in [6.07, 6.45) is 4.14. The van der Waals surface area contributed by atoms with Crippen molar-refractivity contribution in [3.63, 3.8) is 0 Å². The number of aromatic nitrogens is 2. The van der Waals surface area contributed by atoms with E-state index >= 15 is 0 Å². The Morgan fingerprint density at radius 1 is 1.60 bits per heavy atom. The fourth-order valence-electron chi connectivity index (χ4n) is 1.20. The zero-order valence-electron chi connectivity index (χ0n) is 9.40. The van der Waals surface area contributed by atoms with Crippen LogP contribution in [0.15, 0.2) is 12.3 Å². The van der Waals surface area contributed by atoms with Crippen molar-refractivity contribution in [2.75, 3.05) is 32.3 Å². The number of nitrogens with zero attached hydrogens (tertiary/aromatic N) is 2. The predicted molar refractivity (Wildman–Crippen MR) is 64.2 cm³/mol. The molecule has 0 aliphatic rings. The maximum Gasteiger partial charge on any atom is 0.0762 e. The normalized spacial score (nSPS) is 10.8. The van der Waals surface area contributed by atoms with E-state index in [0.29, 0.717) is 0 Å². The first kappa shape index (κ1) is 12.5. The third-order valence-electron chi connectivity index (χ3n) is 2.01. The summed E-state index contributed by atoms with van der Waals surface area (Å²) in [5.41, 5.74) is 1.09. The van der Waals surface area contributed by atoms with Crippen molar-refractivity contribution in [1.29, 1.82) is 0 Å². The van der Waals surface area contributed by atoms with Gasteiger partial charge in [0.2, 0.25) is 0 Å². The Balaban J connectivity index is 2.20. The molecule has 0 fully saturated rings. The van der Waals surface area contributed by atoms with Crippen LogP contribution in [0.2, 0.25) is 0 Å². The summed E-state index contributed by atoms with van der Waals surface area (Å²) >= 11 is 1.84. The van der Waals surface area contributed by atoms with Gasteiger partial charge in [0.25, 0.3) is 0 Å². The van der Waals surface area contributed by atoms with E-state index in [-0.39, 0.29) is 0 Å². The molecule has 5 heteroatoms. The summed E-state index contributed by atoms with van der Waals surface area (Å²) in [5, 5.41) is 7.71. The highest BCUT2D eigenvalue weighted by molar-refractivity contribution is 7.98. The second-order valence-corrected chi connectivity index (χ2v) is 4.22. The number of ether oxygens (including phenoxy) is 1. The predicted octanol–water partition coefficient (Wildman–Crippen LogP) is 0.982. The average Bonchev–Trinajstić information content (AvgIpc) is 2.69. The molecule has 0 aromatic carbocycles. The van der Waals surface area contributed by atoms with Crippen LogP contribution in [-0.2, 0) is 17.8 Å². The summed E-state index contributed by atoms with van der Waals surface area (Å²) < 4.78 is 6.94. The van der Waals surface area contributed by atoms with Crippen molar-refractivity contribution in [3.8, 4) is 0 Å². The fourth-order valence-corrected chi connectivity index (χ4v) is 1.57. The number of hydrogen-bond donors (Lipinski definition) is 1. The van der Waals surface area contributed by atoms with Crippen molar-refractivity contribution in [2.45, 2.75) is 13.1 Å². The number of hydrogen-bond acceptors (Lipinski definition) is 4. The number of nitrogens with one attached hydrogen (secondary N) is 1. The average molecular weight is 229 g/mol. The highest BCUT2D eigenvalue weighted by Gasteiger charge is 1.97. The highest BCUT2D eigenvalue weighted by Crippen LogP contribution is 1.98. The van der Waals surface area contributed by atoms with E-state index in [1.165, 1.54) is 0 Å². The lowest BCUT2D eigenvalue weighted by Gasteiger charge is -2.01. The monoisotopic (exact) mass is 229 g/mol. The Morgan fingerprint density at radius 3 is 3.20 bits per heavy atom. The van der Waals surface area contributed by atoms with Gasteiger partial charge >= 0.3 is 0 Å². The van der Waals surface area contributed by atoms with Gasteiger partial charge in [-0.25, -0.2) is 0 Å². The Labute approximate surface area is 95.4 Å². The molecular weight excluding hydrogens is 210 g/mol. The topological polar surface area (TPSA) is 39.1 Å². The summed E-state index contributed by atoms with van der Waals surface area (Å²) in [6, 6.07) is 2.06. The molecule has 15 heavy (non-hydrogen) atoms. The van der Waals surface area contributed by atoms with Crippen molar-refractivity contribution in [1.82, 2.24) is 15.1 Å². The van der Waals surface area contributed by atoms with Crippen molar-refractivity contribution in [3.05, 3.63) is 18.0 Å². The van der Waals surface area contributed by atoms with Crippen molar-refractivity contribution in [2.24, 2.45) is 0 Å². The lowest BCUT2D eigenvalue weighted by Crippen LogP contribution is -2.19. The summed E-state index contributed by atoms with van der Waals surface area (Å²) in [5.74, 6) is 1.11. The molecule has 1 heterocycles. The van der Waals surface area contributed by atoms with Gasteiger partial charge in [-0.1, -0.05) is 0 Å². The van der Waals surface area contributed by atoms with E-state index in [1.54, 1.807) is 7.11 Å². The molecule has 0 saturated heterocycles. The summed E-state index contributed by atoms with van der Waals surface area (Å²) in [4.78, 5) is 0. The van der Waals surface area contributed by atoms with Crippen LogP contribution < -0.4 is 5.32 Å². The van der Waals surface area contributed by atoms with E-state index in [9.17, 15) is 0 Å². The van der Waals surface area contributed by atoms with Crippen molar-refractivity contribution < 1.29 is 4.74 Å². The van der Waals surface area contributed by atoms with Crippen LogP contribution in [0.1, 0.15) is 5.69 Å². The second-order valence-electron chi connectivity index (χ2n) is 3.23. The Kier molecular flexibility index (Phi) is 6.47. The van der Waals surface area contributed by atoms with Gasteiger partial charge in [-0.05, 0) is 12.3 Å². The van der Waals surface area contributed by atoms with Gasteiger partial charge in [0, 0.05) is 38.7 Å². The zero-order valence-corrected chi connectivity index (χ0v) is 10.2. The van der Waals surface area contributed by atoms with Crippen LogP contribution in [0.3, 0.4) is 0 Å². The molecule has 1 aromatic rings. The third-order valence-corrected chi connectivity index (χ3v) is 2.60. The van der Waals surface area contributed by atoms with Crippen LogP contribution in [0.25, 0.3) is 0 Å². The molecule has 0 aliphatic heterocycles. The van der Waals surface area contributed by atoms with Crippen molar-refractivity contribution >= 4 is 11.8 Å². The van der Waals surface area contributed by atoms with Crippen LogP contribution in [-0.4, -0.2) is 42.1 Å². The molecule has 1 rings (SSSR count). The number of aryl methyl sites for hydroxylation is 1. The van der Waals surface area contributed by atoms with Gasteiger partial charge in [0.05, 0.1) is 12.3 Å². The van der Waals surface area contributed by atoms with E-state index in [1.807, 2.05) is 22.6 Å². The first-order valence-corrected chi connectivity index (χ1v) is 6.47. The van der Waals surface area contributed by atoms with Crippen LogP contribution in [0.5, 0.6) is 0 Å². The summed E-state index contributed by atoms with van der Waals surface area (Å²) in [6.45, 7) is 3.41. The molecule has 1 N–H and O–H groups in total. The van der Waals surface area contributed by atoms with E-state index in [0.717, 1.165) is 37.7 Å². The number of methoxy groups -OCH3 is 1. The molecule has 0 unspecified atom stereocenters. The molecule has 0 radical (unpaired) electrons. The maximum absolute atomic E-state index is 4.95. The van der Waals surface area contributed by atoms with Gasteiger partial charge in [0.15, 0.2) is 0 Å². The van der Waals surface area contributed by atoms with E-state index < -0.39 is 0 Å². The minimum atomic E-state index is 0.743. The molecule has 4 nitrogen and oxygen atoms in total. The second kappa shape index (κ2) is 7.73. The van der Waals surface area contributed by atoms with Crippen LogP contribution in [0, 0.1) is 0 Å². The SMILES string of the molecule is COCCNCc1ccn(CCSC)n1. The first-order valence-electron chi connectivity index (χ1n) is 5.07. The molecular formula is C10H19N3OS. The molecule has 1 aromatic heterocycles. The van der Waals surface area contributed by atoms with E-state index in [2.05, 4.69) is 22.7 Å². The first-order chi connectivity index (χ1) is 7.36. The van der Waals surface area contributed by atoms with Gasteiger partial charge in [-0.15, -0.1) is 0 Å². The Morgan fingerprint density at radius 2 is 2.47 bits per heavy atom. The van der Waals surface area contributed by atoms with Crippen LogP contribution >= 0.6 is 11.8 Å². The minimum Gasteiger partial charge on any atom is -0.383 e. The molecule has 0 spiro atoms. The quantitative estimate of drug-likeness (QED) is 0.675. The highest BCUT2D eigenvalue weighted by atomic mass is 32.2. The molecule has 0 atom stereocenters. The number of rotatable bonds is 8. The standard InChI is InChI=1S/C10H19N3OS/c1-14-7-4-11-9-10-3-5-13(12-10)6-8-15-2/h3,5,11H,4,6-9H2,1-2H3. The molecule has 86 valence electrons. The fraction of sp³-hybridized carbons (Fsp3) is 0.700. The zero-order chi connectivity index (χ0) is 10.9. The van der Waals surface area contributed by atoms with E-state index in [4.69, 9.17) is 4.74 Å². The smallest absolute Gasteiger partial charge is 0.0762 e. The minimum absolute atomic E-state index is 0.743. The Hall–Kier alpha value is -0.520. The molecule has 0 bridgehead atoms. The lowest BCUT2D eigenvalue weighted by atomic mass is 10.4. The molecule has 0 saturated carbocycles. The van der Waals surface area contributed by atoms with Gasteiger partial charge in [-0.3, -0.25) is 4.68 Å².